The lowest BCUT2D eigenvalue weighted by molar-refractivity contribution is 0.345. The van der Waals surface area contributed by atoms with Crippen LogP contribution in [0.4, 0.5) is 11.8 Å². The summed E-state index contributed by atoms with van der Waals surface area (Å²) in [5, 5.41) is 11.3. The van der Waals surface area contributed by atoms with Crippen LogP contribution in [0.1, 0.15) is 37.2 Å². The first-order chi connectivity index (χ1) is 10.7. The van der Waals surface area contributed by atoms with E-state index in [9.17, 15) is 0 Å². The van der Waals surface area contributed by atoms with E-state index in [1.54, 1.807) is 6.33 Å². The summed E-state index contributed by atoms with van der Waals surface area (Å²) in [6, 6.07) is 2.26. The molecule has 8 nitrogen and oxygen atoms in total. The third-order valence-electron chi connectivity index (χ3n) is 4.05. The van der Waals surface area contributed by atoms with Crippen LogP contribution in [0.5, 0.6) is 0 Å². The Labute approximate surface area is 153 Å². The molecule has 5 N–H and O–H groups in total. The van der Waals surface area contributed by atoms with Crippen molar-refractivity contribution in [3.63, 3.8) is 0 Å². The molecule has 1 saturated carbocycles. The van der Waals surface area contributed by atoms with Gasteiger partial charge in [-0.1, -0.05) is 0 Å². The van der Waals surface area contributed by atoms with Crippen LogP contribution in [-0.4, -0.2) is 37.3 Å². The molecule has 0 spiro atoms. The number of hydrogen-bond donors (Lipinski definition) is 3. The molecule has 0 amide bonds. The number of nitrogens with one attached hydrogen (secondary N) is 1. The number of rotatable bonds is 6. The Balaban J connectivity index is 0.00000144. The van der Waals surface area contributed by atoms with Gasteiger partial charge in [-0.3, -0.25) is 0 Å². The fourth-order valence-corrected chi connectivity index (χ4v) is 2.73. The maximum absolute atomic E-state index is 5.84. The lowest BCUT2D eigenvalue weighted by Gasteiger charge is -2.32. The van der Waals surface area contributed by atoms with Gasteiger partial charge in [-0.25, -0.2) is 4.98 Å². The number of anilines is 2. The van der Waals surface area contributed by atoms with E-state index in [-0.39, 0.29) is 30.9 Å². The van der Waals surface area contributed by atoms with E-state index in [1.807, 2.05) is 10.6 Å². The Morgan fingerprint density at radius 1 is 1.29 bits per heavy atom. The number of aromatic nitrogens is 5. The minimum atomic E-state index is 0. The van der Waals surface area contributed by atoms with E-state index < -0.39 is 0 Å². The van der Waals surface area contributed by atoms with Crippen molar-refractivity contribution in [1.82, 2.24) is 24.7 Å². The largest absolute Gasteiger partial charge is 0.369 e. The number of nitrogens with zero attached hydrogens (tertiary/aromatic N) is 5. The molecule has 2 heterocycles. The number of nitrogens with two attached hydrogens (primary N) is 2. The predicted molar refractivity (Wildman–Crippen MR) is 98.8 cm³/mol. The standard InChI is InChI=1S/C14H22N8.2ClH/c1-2-22-8-18-21-13(22)3-4-17-12-7-11(19-14(16)20-12)9-5-10(15)6-9;;/h7-10H,2-6,15H2,1H3,(H3,16,17,19,20);2*1H. The molecule has 1 aliphatic carbocycles. The molecule has 0 aromatic carbocycles. The van der Waals surface area contributed by atoms with Crippen LogP contribution in [0, 0.1) is 0 Å². The van der Waals surface area contributed by atoms with Crippen LogP contribution < -0.4 is 16.8 Å². The molecule has 0 radical (unpaired) electrons. The van der Waals surface area contributed by atoms with Gasteiger partial charge < -0.3 is 21.4 Å². The summed E-state index contributed by atoms with van der Waals surface area (Å²) < 4.78 is 2.02. The molecule has 0 bridgehead atoms. The van der Waals surface area contributed by atoms with Crippen LogP contribution in [0.15, 0.2) is 12.4 Å². The molecule has 2 aromatic heterocycles. The van der Waals surface area contributed by atoms with Crippen LogP contribution in [0.3, 0.4) is 0 Å². The van der Waals surface area contributed by atoms with Crippen LogP contribution in [0.25, 0.3) is 0 Å². The smallest absolute Gasteiger partial charge is 0.222 e. The second kappa shape index (κ2) is 9.00. The molecule has 24 heavy (non-hydrogen) atoms. The predicted octanol–water partition coefficient (Wildman–Crippen LogP) is 1.37. The molecular formula is C14H24Cl2N8. The molecule has 0 atom stereocenters. The van der Waals surface area contributed by atoms with Crippen molar-refractivity contribution in [2.75, 3.05) is 17.6 Å². The molecule has 134 valence electrons. The summed E-state index contributed by atoms with van der Waals surface area (Å²) >= 11 is 0. The minimum absolute atomic E-state index is 0. The fourth-order valence-electron chi connectivity index (χ4n) is 2.73. The van der Waals surface area contributed by atoms with Crippen molar-refractivity contribution in [2.24, 2.45) is 5.73 Å². The molecule has 0 saturated heterocycles. The second-order valence-electron chi connectivity index (χ2n) is 5.67. The summed E-state index contributed by atoms with van der Waals surface area (Å²) in [6.45, 7) is 3.66. The average molecular weight is 375 g/mol. The molecule has 0 unspecified atom stereocenters. The lowest BCUT2D eigenvalue weighted by atomic mass is 9.78. The first-order valence-corrected chi connectivity index (χ1v) is 7.66. The van der Waals surface area contributed by atoms with Crippen molar-refractivity contribution in [3.8, 4) is 0 Å². The zero-order valence-electron chi connectivity index (χ0n) is 13.6. The summed E-state index contributed by atoms with van der Waals surface area (Å²) in [6.07, 6.45) is 4.46. The van der Waals surface area contributed by atoms with E-state index in [2.05, 4.69) is 32.4 Å². The highest BCUT2D eigenvalue weighted by Gasteiger charge is 2.29. The SMILES string of the molecule is CCn1cnnc1CCNc1cc(C2CC(N)C2)nc(N)n1.Cl.Cl. The van der Waals surface area contributed by atoms with Gasteiger partial charge >= 0.3 is 0 Å². The molecule has 0 aliphatic heterocycles. The third-order valence-corrected chi connectivity index (χ3v) is 4.05. The highest BCUT2D eigenvalue weighted by molar-refractivity contribution is 5.85. The number of halogens is 2. The Kier molecular flexibility index (Phi) is 7.65. The number of aryl methyl sites for hydroxylation is 1. The van der Waals surface area contributed by atoms with E-state index in [1.165, 1.54) is 0 Å². The minimum Gasteiger partial charge on any atom is -0.369 e. The Morgan fingerprint density at radius 3 is 2.71 bits per heavy atom. The van der Waals surface area contributed by atoms with Crippen LogP contribution in [-0.2, 0) is 13.0 Å². The summed E-state index contributed by atoms with van der Waals surface area (Å²) in [5.74, 6) is 2.42. The van der Waals surface area contributed by atoms with Gasteiger partial charge in [-0.2, -0.15) is 4.98 Å². The van der Waals surface area contributed by atoms with Crippen molar-refractivity contribution < 1.29 is 0 Å². The normalized spacial score (nSPS) is 18.9. The number of nitrogen functional groups attached to an aromatic ring is 1. The summed E-state index contributed by atoms with van der Waals surface area (Å²) in [4.78, 5) is 8.56. The highest BCUT2D eigenvalue weighted by Crippen LogP contribution is 2.35. The Morgan fingerprint density at radius 2 is 2.04 bits per heavy atom. The molecule has 1 fully saturated rings. The molecule has 10 heteroatoms. The second-order valence-corrected chi connectivity index (χ2v) is 5.67. The molecular weight excluding hydrogens is 351 g/mol. The zero-order valence-corrected chi connectivity index (χ0v) is 15.2. The zero-order chi connectivity index (χ0) is 15.5. The van der Waals surface area contributed by atoms with E-state index >= 15 is 0 Å². The quantitative estimate of drug-likeness (QED) is 0.697. The van der Waals surface area contributed by atoms with Crippen LogP contribution >= 0.6 is 24.8 Å². The maximum Gasteiger partial charge on any atom is 0.222 e. The van der Waals surface area contributed by atoms with E-state index in [0.717, 1.165) is 49.7 Å². The monoisotopic (exact) mass is 374 g/mol. The molecule has 3 rings (SSSR count). The first-order valence-electron chi connectivity index (χ1n) is 7.66. The molecule has 1 aliphatic rings. The van der Waals surface area contributed by atoms with E-state index in [4.69, 9.17) is 11.5 Å². The van der Waals surface area contributed by atoms with Gasteiger partial charge in [-0.15, -0.1) is 35.0 Å². The fraction of sp³-hybridized carbons (Fsp3) is 0.571. The van der Waals surface area contributed by atoms with Gasteiger partial charge in [0.1, 0.15) is 18.0 Å². The highest BCUT2D eigenvalue weighted by atomic mass is 35.5. The van der Waals surface area contributed by atoms with Crippen molar-refractivity contribution in [3.05, 3.63) is 23.9 Å². The van der Waals surface area contributed by atoms with Gasteiger partial charge in [0.05, 0.1) is 5.69 Å². The van der Waals surface area contributed by atoms with Gasteiger partial charge in [0.2, 0.25) is 5.95 Å². The molecule has 2 aromatic rings. The van der Waals surface area contributed by atoms with Gasteiger partial charge in [-0.05, 0) is 19.8 Å². The van der Waals surface area contributed by atoms with Gasteiger partial charge in [0.25, 0.3) is 0 Å². The Bertz CT molecular complexity index is 641. The summed E-state index contributed by atoms with van der Waals surface area (Å²) in [5.41, 5.74) is 12.6. The van der Waals surface area contributed by atoms with Gasteiger partial charge in [0, 0.05) is 37.5 Å². The average Bonchev–Trinajstić information content (AvgIpc) is 2.91. The van der Waals surface area contributed by atoms with Gasteiger partial charge in [0.15, 0.2) is 0 Å². The Hall–Kier alpha value is -1.64. The van der Waals surface area contributed by atoms with Crippen molar-refractivity contribution in [2.45, 2.75) is 44.7 Å². The summed E-state index contributed by atoms with van der Waals surface area (Å²) in [7, 11) is 0. The first kappa shape index (κ1) is 20.4. The van der Waals surface area contributed by atoms with Crippen LogP contribution in [0.2, 0.25) is 0 Å². The number of hydrogen-bond acceptors (Lipinski definition) is 7. The third kappa shape index (κ3) is 4.68. The van der Waals surface area contributed by atoms with Crippen molar-refractivity contribution >= 4 is 36.6 Å². The van der Waals surface area contributed by atoms with E-state index in [0.29, 0.717) is 11.9 Å². The van der Waals surface area contributed by atoms with Crippen molar-refractivity contribution in [1.29, 1.82) is 0 Å². The maximum atomic E-state index is 5.84. The topological polar surface area (TPSA) is 121 Å². The lowest BCUT2D eigenvalue weighted by Crippen LogP contribution is -2.35.